The van der Waals surface area contributed by atoms with Crippen LogP contribution in [-0.4, -0.2) is 101 Å². The number of thiol groups is 1. The zero-order valence-electron chi connectivity index (χ0n) is 23.4. The molecule has 2 heterocycles. The van der Waals surface area contributed by atoms with Crippen LogP contribution in [0.15, 0.2) is 30.3 Å². The molecule has 0 unspecified atom stereocenters. The van der Waals surface area contributed by atoms with Crippen LogP contribution in [-0.2, 0) is 28.7 Å². The van der Waals surface area contributed by atoms with Crippen molar-refractivity contribution < 1.29 is 44.0 Å². The van der Waals surface area contributed by atoms with E-state index in [1.807, 2.05) is 18.2 Å². The van der Waals surface area contributed by atoms with Gasteiger partial charge in [-0.05, 0) is 45.2 Å². The molecule has 2 fully saturated rings. The summed E-state index contributed by atoms with van der Waals surface area (Å²) in [5, 5.41) is 32.4. The Balaban J connectivity index is 1.42. The number of Topliss-reactive ketones (excluding diaryl/α,β-unsaturated/α-hetero) is 1. The Kier molecular flexibility index (Phi) is 12.6. The number of nitrogens with zero attached hydrogens (tertiary/aromatic N) is 2. The standard InChI is InChI=1S/C28H41N3O9S/c1-17(32)19-14-20(27(38)29-12-13-39-28-26(37)25(36)24(35)18(2)40-28)16-30(15-19)22(33)10-6-7-11-23(34)31(41)21-8-4-3-5-9-21/h3-5,8-9,18-20,24-26,28,35-37,41H,6-7,10-16H2,1-2H3,(H,29,38)/t18-,19+,20-,24+,25+,26-,28+/m0/s1. The molecule has 3 rings (SSSR count). The summed E-state index contributed by atoms with van der Waals surface area (Å²) in [6.07, 6.45) is -4.27. The molecular formula is C28H41N3O9S. The summed E-state index contributed by atoms with van der Waals surface area (Å²) in [6.45, 7) is 3.47. The third kappa shape index (κ3) is 9.22. The molecular weight excluding hydrogens is 554 g/mol. The number of aliphatic hydroxyl groups is 3. The summed E-state index contributed by atoms with van der Waals surface area (Å²) in [7, 11) is 0. The van der Waals surface area contributed by atoms with E-state index in [2.05, 4.69) is 18.1 Å². The molecule has 41 heavy (non-hydrogen) atoms. The summed E-state index contributed by atoms with van der Waals surface area (Å²) >= 11 is 4.26. The molecule has 0 radical (unpaired) electrons. The summed E-state index contributed by atoms with van der Waals surface area (Å²) in [5.41, 5.74) is 0.671. The monoisotopic (exact) mass is 595 g/mol. The van der Waals surface area contributed by atoms with Gasteiger partial charge in [0, 0.05) is 38.4 Å². The normalized spacial score (nSPS) is 28.1. The van der Waals surface area contributed by atoms with Crippen molar-refractivity contribution in [2.24, 2.45) is 11.8 Å². The molecule has 13 heteroatoms. The smallest absolute Gasteiger partial charge is 0.236 e. The first-order chi connectivity index (χ1) is 19.5. The van der Waals surface area contributed by atoms with Gasteiger partial charge in [0.1, 0.15) is 24.1 Å². The minimum Gasteiger partial charge on any atom is -0.388 e. The molecule has 228 valence electrons. The molecule has 0 bridgehead atoms. The number of anilines is 1. The average Bonchev–Trinajstić information content (AvgIpc) is 2.98. The van der Waals surface area contributed by atoms with Crippen LogP contribution < -0.4 is 9.62 Å². The highest BCUT2D eigenvalue weighted by atomic mass is 32.1. The van der Waals surface area contributed by atoms with E-state index in [0.29, 0.717) is 24.9 Å². The van der Waals surface area contributed by atoms with Crippen LogP contribution in [0.5, 0.6) is 0 Å². The summed E-state index contributed by atoms with van der Waals surface area (Å²) in [5.74, 6) is -1.80. The molecule has 0 spiro atoms. The Labute approximate surface area is 245 Å². The van der Waals surface area contributed by atoms with Crippen molar-refractivity contribution in [2.75, 3.05) is 30.5 Å². The van der Waals surface area contributed by atoms with E-state index in [1.165, 1.54) is 11.2 Å². The zero-order chi connectivity index (χ0) is 30.1. The topological polar surface area (TPSA) is 166 Å². The molecule has 2 saturated heterocycles. The minimum atomic E-state index is -1.44. The fourth-order valence-electron chi connectivity index (χ4n) is 4.96. The minimum absolute atomic E-state index is 0.0266. The average molecular weight is 596 g/mol. The highest BCUT2D eigenvalue weighted by Gasteiger charge is 2.42. The van der Waals surface area contributed by atoms with Gasteiger partial charge >= 0.3 is 0 Å². The van der Waals surface area contributed by atoms with E-state index in [4.69, 9.17) is 9.47 Å². The number of benzene rings is 1. The van der Waals surface area contributed by atoms with Gasteiger partial charge in [0.25, 0.3) is 0 Å². The molecule has 3 amide bonds. The number of ether oxygens (including phenoxy) is 2. The van der Waals surface area contributed by atoms with E-state index in [-0.39, 0.29) is 62.6 Å². The SMILES string of the molecule is CC(=O)[C@@H]1C[C@H](C(=O)NCCO[C@@H]2O[C@@H](C)[C@@H](O)[C@@H](O)[C@@H]2O)CN(C(=O)CCCCC(=O)N(S)c2ccccc2)C1. The first-order valence-corrected chi connectivity index (χ1v) is 14.3. The number of piperidine rings is 1. The van der Waals surface area contributed by atoms with Crippen molar-refractivity contribution in [3.63, 3.8) is 0 Å². The van der Waals surface area contributed by atoms with Crippen molar-refractivity contribution in [2.45, 2.75) is 76.7 Å². The third-order valence-corrected chi connectivity index (χ3v) is 7.96. The number of para-hydroxylation sites is 1. The number of unbranched alkanes of at least 4 members (excludes halogenated alkanes) is 1. The second-order valence-electron chi connectivity index (χ2n) is 10.6. The Bertz CT molecular complexity index is 1050. The third-order valence-electron chi connectivity index (χ3n) is 7.51. The van der Waals surface area contributed by atoms with Gasteiger partial charge in [0.15, 0.2) is 6.29 Å². The lowest BCUT2D eigenvalue weighted by Crippen LogP contribution is -2.57. The van der Waals surface area contributed by atoms with E-state index in [9.17, 15) is 34.5 Å². The van der Waals surface area contributed by atoms with Crippen molar-refractivity contribution in [1.29, 1.82) is 0 Å². The lowest BCUT2D eigenvalue weighted by Gasteiger charge is -2.39. The summed E-state index contributed by atoms with van der Waals surface area (Å²) in [6, 6.07) is 9.04. The van der Waals surface area contributed by atoms with Crippen molar-refractivity contribution in [3.8, 4) is 0 Å². The Hall–Kier alpha value is -2.55. The molecule has 7 atom stereocenters. The number of carbonyl (C=O) groups is 4. The lowest BCUT2D eigenvalue weighted by molar-refractivity contribution is -0.292. The zero-order valence-corrected chi connectivity index (χ0v) is 24.3. The number of carbonyl (C=O) groups excluding carboxylic acids is 4. The predicted molar refractivity (Wildman–Crippen MR) is 152 cm³/mol. The van der Waals surface area contributed by atoms with Crippen LogP contribution in [0.2, 0.25) is 0 Å². The molecule has 0 saturated carbocycles. The molecule has 0 aromatic heterocycles. The highest BCUT2D eigenvalue weighted by Crippen LogP contribution is 2.25. The van der Waals surface area contributed by atoms with Gasteiger partial charge < -0.3 is 35.0 Å². The fourth-order valence-corrected chi connectivity index (χ4v) is 5.19. The van der Waals surface area contributed by atoms with Crippen molar-refractivity contribution in [3.05, 3.63) is 30.3 Å². The van der Waals surface area contributed by atoms with Crippen LogP contribution >= 0.6 is 12.8 Å². The number of hydrogen-bond acceptors (Lipinski definition) is 10. The number of likely N-dealkylation sites (tertiary alicyclic amines) is 1. The number of amides is 3. The number of ketones is 1. The largest absolute Gasteiger partial charge is 0.388 e. The Morgan fingerprint density at radius 2 is 1.68 bits per heavy atom. The first-order valence-electron chi connectivity index (χ1n) is 13.9. The number of hydrogen-bond donors (Lipinski definition) is 5. The van der Waals surface area contributed by atoms with Gasteiger partial charge in [-0.15, -0.1) is 0 Å². The lowest BCUT2D eigenvalue weighted by atomic mass is 9.86. The van der Waals surface area contributed by atoms with E-state index >= 15 is 0 Å². The second kappa shape index (κ2) is 15.6. The van der Waals surface area contributed by atoms with Crippen LogP contribution in [0.4, 0.5) is 5.69 Å². The molecule has 1 aromatic carbocycles. The molecule has 2 aliphatic rings. The van der Waals surface area contributed by atoms with E-state index in [1.54, 1.807) is 24.0 Å². The van der Waals surface area contributed by atoms with Crippen molar-refractivity contribution >= 4 is 42.0 Å². The second-order valence-corrected chi connectivity index (χ2v) is 11.0. The van der Waals surface area contributed by atoms with E-state index < -0.39 is 42.5 Å². The molecule has 2 aliphatic heterocycles. The van der Waals surface area contributed by atoms with Crippen LogP contribution in [0, 0.1) is 11.8 Å². The quantitative estimate of drug-likeness (QED) is 0.170. The molecule has 4 N–H and O–H groups in total. The molecule has 0 aliphatic carbocycles. The number of aliphatic hydroxyl groups excluding tert-OH is 3. The van der Waals surface area contributed by atoms with E-state index in [0.717, 1.165) is 0 Å². The maximum absolute atomic E-state index is 13.0. The Morgan fingerprint density at radius 1 is 1.02 bits per heavy atom. The summed E-state index contributed by atoms with van der Waals surface area (Å²) < 4.78 is 12.1. The van der Waals surface area contributed by atoms with Gasteiger partial charge in [-0.2, -0.15) is 0 Å². The van der Waals surface area contributed by atoms with Crippen LogP contribution in [0.25, 0.3) is 0 Å². The number of nitrogens with one attached hydrogen (secondary N) is 1. The van der Waals surface area contributed by atoms with Crippen molar-refractivity contribution in [1.82, 2.24) is 10.2 Å². The predicted octanol–water partition coefficient (Wildman–Crippen LogP) is 0.439. The highest BCUT2D eigenvalue weighted by molar-refractivity contribution is 7.82. The van der Waals surface area contributed by atoms with Gasteiger partial charge in [-0.3, -0.25) is 23.5 Å². The maximum Gasteiger partial charge on any atom is 0.236 e. The summed E-state index contributed by atoms with van der Waals surface area (Å²) in [4.78, 5) is 52.0. The van der Waals surface area contributed by atoms with Gasteiger partial charge in [0.2, 0.25) is 17.7 Å². The molecule has 12 nitrogen and oxygen atoms in total. The van der Waals surface area contributed by atoms with Crippen LogP contribution in [0.3, 0.4) is 0 Å². The van der Waals surface area contributed by atoms with Gasteiger partial charge in [-0.25, -0.2) is 0 Å². The maximum atomic E-state index is 13.0. The molecule has 1 aromatic rings. The number of rotatable bonds is 12. The fraction of sp³-hybridized carbons (Fsp3) is 0.643. The van der Waals surface area contributed by atoms with Gasteiger partial charge in [-0.1, -0.05) is 31.0 Å². The van der Waals surface area contributed by atoms with Gasteiger partial charge in [0.05, 0.1) is 24.3 Å². The van der Waals surface area contributed by atoms with Crippen LogP contribution in [0.1, 0.15) is 46.0 Å². The Morgan fingerprint density at radius 3 is 2.37 bits per heavy atom. The first kappa shape index (κ1) is 33.0.